The maximum absolute atomic E-state index is 12.7. The monoisotopic (exact) mass is 311 g/mol. The summed E-state index contributed by atoms with van der Waals surface area (Å²) in [7, 11) is 0. The molecule has 1 aromatic heterocycles. The average Bonchev–Trinajstić information content (AvgIpc) is 2.65. The van der Waals surface area contributed by atoms with Gasteiger partial charge >= 0.3 is 6.18 Å². The number of benzene rings is 1. The molecule has 0 saturated heterocycles. The van der Waals surface area contributed by atoms with Gasteiger partial charge in [-0.1, -0.05) is 12.1 Å². The first kappa shape index (κ1) is 16.1. The number of amides is 1. The number of nitrogens with one attached hydrogen (secondary N) is 1. The summed E-state index contributed by atoms with van der Waals surface area (Å²) in [6, 6.07) is 5.13. The van der Waals surface area contributed by atoms with Crippen molar-refractivity contribution in [2.75, 3.05) is 5.32 Å². The first-order valence-electron chi connectivity index (χ1n) is 6.66. The van der Waals surface area contributed by atoms with Crippen molar-refractivity contribution in [3.63, 3.8) is 0 Å². The van der Waals surface area contributed by atoms with Crippen molar-refractivity contribution >= 4 is 11.6 Å². The van der Waals surface area contributed by atoms with Gasteiger partial charge < -0.3 is 5.32 Å². The number of rotatable bonds is 3. The van der Waals surface area contributed by atoms with Crippen LogP contribution in [0, 0.1) is 13.8 Å². The molecule has 22 heavy (non-hydrogen) atoms. The molecule has 0 fully saturated rings. The van der Waals surface area contributed by atoms with Gasteiger partial charge in [-0.25, -0.2) is 0 Å². The molecule has 0 unspecified atom stereocenters. The minimum absolute atomic E-state index is 0.205. The van der Waals surface area contributed by atoms with E-state index in [0.717, 1.165) is 12.1 Å². The van der Waals surface area contributed by atoms with Gasteiger partial charge in [0.15, 0.2) is 0 Å². The molecule has 1 aromatic carbocycles. The largest absolute Gasteiger partial charge is 0.416 e. The highest BCUT2D eigenvalue weighted by Crippen LogP contribution is 2.30. The van der Waals surface area contributed by atoms with Crippen LogP contribution in [0.15, 0.2) is 24.3 Å². The van der Waals surface area contributed by atoms with Gasteiger partial charge in [-0.15, -0.1) is 0 Å². The van der Waals surface area contributed by atoms with Gasteiger partial charge in [0.25, 0.3) is 0 Å². The topological polar surface area (TPSA) is 46.9 Å². The molecular weight excluding hydrogens is 295 g/mol. The summed E-state index contributed by atoms with van der Waals surface area (Å²) in [6.45, 7) is 5.10. The van der Waals surface area contributed by atoms with Gasteiger partial charge in [-0.3, -0.25) is 9.48 Å². The van der Waals surface area contributed by atoms with Crippen LogP contribution in [0.4, 0.5) is 18.9 Å². The fourth-order valence-electron chi connectivity index (χ4n) is 2.23. The van der Waals surface area contributed by atoms with Crippen LogP contribution in [-0.2, 0) is 17.5 Å². The molecule has 118 valence electrons. The first-order chi connectivity index (χ1) is 10.2. The van der Waals surface area contributed by atoms with Gasteiger partial charge in [-0.2, -0.15) is 18.3 Å². The van der Waals surface area contributed by atoms with E-state index in [1.807, 2.05) is 0 Å². The molecular formula is C15H16F3N3O. The Balaban J connectivity index is 2.30. The zero-order valence-corrected chi connectivity index (χ0v) is 12.5. The maximum atomic E-state index is 12.7. The lowest BCUT2D eigenvalue weighted by Gasteiger charge is -2.10. The van der Waals surface area contributed by atoms with Crippen molar-refractivity contribution in [2.24, 2.45) is 0 Å². The molecule has 0 atom stereocenters. The van der Waals surface area contributed by atoms with Crippen LogP contribution < -0.4 is 5.32 Å². The summed E-state index contributed by atoms with van der Waals surface area (Å²) in [6.07, 6.45) is -4.37. The van der Waals surface area contributed by atoms with E-state index in [2.05, 4.69) is 10.4 Å². The Morgan fingerprint density at radius 3 is 2.59 bits per heavy atom. The third-order valence-corrected chi connectivity index (χ3v) is 3.27. The van der Waals surface area contributed by atoms with Crippen molar-refractivity contribution in [2.45, 2.75) is 33.5 Å². The molecule has 0 spiro atoms. The van der Waals surface area contributed by atoms with E-state index in [9.17, 15) is 18.0 Å². The van der Waals surface area contributed by atoms with Crippen molar-refractivity contribution in [1.29, 1.82) is 0 Å². The Labute approximate surface area is 125 Å². The summed E-state index contributed by atoms with van der Waals surface area (Å²) < 4.78 is 39.8. The minimum atomic E-state index is -4.37. The van der Waals surface area contributed by atoms with Crippen LogP contribution in [0.2, 0.25) is 0 Å². The third kappa shape index (κ3) is 3.47. The molecule has 2 aromatic rings. The van der Waals surface area contributed by atoms with E-state index < -0.39 is 11.7 Å². The number of carbonyl (C=O) groups is 1. The van der Waals surface area contributed by atoms with Crippen LogP contribution in [0.25, 0.3) is 0 Å². The van der Waals surface area contributed by atoms with E-state index in [4.69, 9.17) is 0 Å². The van der Waals surface area contributed by atoms with E-state index in [0.29, 0.717) is 22.6 Å². The number of hydrogen-bond acceptors (Lipinski definition) is 2. The molecule has 4 nitrogen and oxygen atoms in total. The normalized spacial score (nSPS) is 11.5. The molecule has 1 heterocycles. The van der Waals surface area contributed by atoms with E-state index in [1.54, 1.807) is 24.6 Å². The van der Waals surface area contributed by atoms with Gasteiger partial charge in [0.2, 0.25) is 5.91 Å². The van der Waals surface area contributed by atoms with Crippen molar-refractivity contribution < 1.29 is 18.0 Å². The highest BCUT2D eigenvalue weighted by molar-refractivity contribution is 5.89. The lowest BCUT2D eigenvalue weighted by Crippen LogP contribution is -2.09. The molecule has 7 heteroatoms. The average molecular weight is 311 g/mol. The Bertz CT molecular complexity index is 705. The highest BCUT2D eigenvalue weighted by atomic mass is 19.4. The zero-order chi connectivity index (χ0) is 16.5. The SMILES string of the molecule is CC(=O)Nc1c(C)nn(Cc2cccc(C(F)(F)F)c2)c1C. The number of hydrogen-bond donors (Lipinski definition) is 1. The first-order valence-corrected chi connectivity index (χ1v) is 6.66. The molecule has 0 aliphatic heterocycles. The van der Waals surface area contributed by atoms with E-state index in [1.165, 1.54) is 13.0 Å². The quantitative estimate of drug-likeness (QED) is 0.942. The summed E-state index contributed by atoms with van der Waals surface area (Å²) >= 11 is 0. The van der Waals surface area contributed by atoms with Crippen molar-refractivity contribution in [1.82, 2.24) is 9.78 Å². The fourth-order valence-corrected chi connectivity index (χ4v) is 2.23. The zero-order valence-electron chi connectivity index (χ0n) is 12.5. The summed E-state index contributed by atoms with van der Waals surface area (Å²) in [5.41, 5.74) is 1.73. The second-order valence-electron chi connectivity index (χ2n) is 5.08. The van der Waals surface area contributed by atoms with Crippen LogP contribution in [0.1, 0.15) is 29.4 Å². The van der Waals surface area contributed by atoms with E-state index >= 15 is 0 Å². The van der Waals surface area contributed by atoms with Crippen molar-refractivity contribution in [3.05, 3.63) is 46.8 Å². The van der Waals surface area contributed by atoms with E-state index in [-0.39, 0.29) is 12.5 Å². The molecule has 0 saturated carbocycles. The Kier molecular flexibility index (Phi) is 4.25. The fraction of sp³-hybridized carbons (Fsp3) is 0.333. The molecule has 1 N–H and O–H groups in total. The number of alkyl halides is 3. The summed E-state index contributed by atoms with van der Waals surface area (Å²) in [4.78, 5) is 11.2. The Hall–Kier alpha value is -2.31. The molecule has 0 aliphatic carbocycles. The van der Waals surface area contributed by atoms with Gasteiger partial charge in [0, 0.05) is 6.92 Å². The summed E-state index contributed by atoms with van der Waals surface area (Å²) in [5, 5.41) is 6.95. The van der Waals surface area contributed by atoms with Crippen LogP contribution in [0.3, 0.4) is 0 Å². The molecule has 0 bridgehead atoms. The Morgan fingerprint density at radius 1 is 1.32 bits per heavy atom. The van der Waals surface area contributed by atoms with Crippen LogP contribution in [0.5, 0.6) is 0 Å². The molecule has 2 rings (SSSR count). The lowest BCUT2D eigenvalue weighted by molar-refractivity contribution is -0.137. The standard InChI is InChI=1S/C15H16F3N3O/c1-9-14(19-11(3)22)10(2)21(20-9)8-12-5-4-6-13(7-12)15(16,17)18/h4-7H,8H2,1-3H3,(H,19,22). The second kappa shape index (κ2) is 5.82. The number of aromatic nitrogens is 2. The third-order valence-electron chi connectivity index (χ3n) is 3.27. The smallest absolute Gasteiger partial charge is 0.323 e. The number of nitrogens with zero attached hydrogens (tertiary/aromatic N) is 2. The van der Waals surface area contributed by atoms with Gasteiger partial charge in [-0.05, 0) is 31.5 Å². The summed E-state index contributed by atoms with van der Waals surface area (Å²) in [5.74, 6) is -0.218. The van der Waals surface area contributed by atoms with Crippen LogP contribution >= 0.6 is 0 Å². The number of aryl methyl sites for hydroxylation is 1. The molecule has 0 radical (unpaired) electrons. The highest BCUT2D eigenvalue weighted by Gasteiger charge is 2.30. The predicted molar refractivity (Wildman–Crippen MR) is 76.6 cm³/mol. The lowest BCUT2D eigenvalue weighted by atomic mass is 10.1. The van der Waals surface area contributed by atoms with Gasteiger partial charge in [0.05, 0.1) is 29.2 Å². The molecule has 0 aliphatic rings. The minimum Gasteiger partial charge on any atom is -0.323 e. The number of anilines is 1. The number of halogens is 3. The predicted octanol–water partition coefficient (Wildman–Crippen LogP) is 3.53. The molecule has 1 amide bonds. The maximum Gasteiger partial charge on any atom is 0.416 e. The van der Waals surface area contributed by atoms with Crippen LogP contribution in [-0.4, -0.2) is 15.7 Å². The Morgan fingerprint density at radius 2 is 2.00 bits per heavy atom. The van der Waals surface area contributed by atoms with Gasteiger partial charge in [0.1, 0.15) is 0 Å². The second-order valence-corrected chi connectivity index (χ2v) is 5.08. The van der Waals surface area contributed by atoms with Crippen molar-refractivity contribution in [3.8, 4) is 0 Å². The number of carbonyl (C=O) groups excluding carboxylic acids is 1.